The second-order valence-corrected chi connectivity index (χ2v) is 10.3. The van der Waals surface area contributed by atoms with E-state index in [1.54, 1.807) is 22.6 Å². The molecule has 0 saturated heterocycles. The number of rotatable bonds is 8. The van der Waals surface area contributed by atoms with Crippen LogP contribution in [-0.4, -0.2) is 46.6 Å². The topological polar surface area (TPSA) is 89.9 Å². The van der Waals surface area contributed by atoms with Gasteiger partial charge in [-0.3, -0.25) is 14.4 Å². The van der Waals surface area contributed by atoms with Crippen LogP contribution in [-0.2, 0) is 24.4 Å². The Labute approximate surface area is 230 Å². The average molecular weight is 554 g/mol. The lowest BCUT2D eigenvalue weighted by atomic mass is 9.71. The third-order valence-electron chi connectivity index (χ3n) is 7.53. The van der Waals surface area contributed by atoms with E-state index in [1.807, 2.05) is 37.3 Å². The molecular weight excluding hydrogens is 525 g/mol. The molecule has 1 N–H and O–H groups in total. The molecule has 1 spiro atoms. The Morgan fingerprint density at radius 1 is 1.15 bits per heavy atom. The summed E-state index contributed by atoms with van der Waals surface area (Å²) in [4.78, 5) is 42.4. The van der Waals surface area contributed by atoms with Gasteiger partial charge in [0.1, 0.15) is 18.0 Å². The van der Waals surface area contributed by atoms with Gasteiger partial charge in [0, 0.05) is 38.5 Å². The van der Waals surface area contributed by atoms with E-state index in [9.17, 15) is 18.8 Å². The van der Waals surface area contributed by atoms with Crippen LogP contribution >= 0.6 is 11.6 Å². The molecule has 2 aliphatic rings. The van der Waals surface area contributed by atoms with Crippen LogP contribution in [0.25, 0.3) is 0 Å². The number of amides is 2. The maximum Gasteiger partial charge on any atom is 0.275 e. The van der Waals surface area contributed by atoms with Crippen molar-refractivity contribution in [2.45, 2.75) is 51.1 Å². The summed E-state index contributed by atoms with van der Waals surface area (Å²) in [7, 11) is 1.64. The summed E-state index contributed by atoms with van der Waals surface area (Å²) in [6, 6.07) is 13.7. The average Bonchev–Trinajstić information content (AvgIpc) is 2.92. The number of fused-ring (bicyclic) bond motifs is 1. The van der Waals surface area contributed by atoms with Gasteiger partial charge >= 0.3 is 0 Å². The first-order valence-corrected chi connectivity index (χ1v) is 13.2. The Hall–Kier alpha value is -3.69. The zero-order valence-electron chi connectivity index (χ0n) is 21.7. The summed E-state index contributed by atoms with van der Waals surface area (Å²) in [5.74, 6) is -1.85. The van der Waals surface area contributed by atoms with Crippen LogP contribution in [0, 0.1) is 5.82 Å². The standard InChI is InChI=1S/C29H29ClFN3O5/c1-3-34-28(37)24-26(39-16-18-8-5-4-6-9-18)25(35)21(15-33(24)17-29(34)12-20(13-29)38-2)27(36)32-14-19-10-7-11-22(30)23(19)31/h4-11,15,20H,3,12-14,16-17H2,1-2H3,(H,32,36). The Balaban J connectivity index is 1.53. The molecule has 0 radical (unpaired) electrons. The number of carbonyl (C=O) groups excluding carboxylic acids is 2. The fraction of sp³-hybridized carbons (Fsp3) is 0.345. The Morgan fingerprint density at radius 2 is 1.90 bits per heavy atom. The molecule has 2 amide bonds. The van der Waals surface area contributed by atoms with Gasteiger partial charge in [0.15, 0.2) is 11.4 Å². The number of nitrogens with zero attached hydrogens (tertiary/aromatic N) is 2. The molecule has 1 fully saturated rings. The highest BCUT2D eigenvalue weighted by Gasteiger charge is 2.54. The minimum atomic E-state index is -0.706. The number of hydrogen-bond acceptors (Lipinski definition) is 5. The lowest BCUT2D eigenvalue weighted by Crippen LogP contribution is -2.66. The van der Waals surface area contributed by atoms with Crippen molar-refractivity contribution in [2.24, 2.45) is 0 Å². The van der Waals surface area contributed by atoms with Gasteiger partial charge in [-0.05, 0) is 31.4 Å². The molecule has 204 valence electrons. The fourth-order valence-corrected chi connectivity index (χ4v) is 5.69. The van der Waals surface area contributed by atoms with Gasteiger partial charge in [-0.2, -0.15) is 0 Å². The summed E-state index contributed by atoms with van der Waals surface area (Å²) in [6.45, 7) is 2.60. The van der Waals surface area contributed by atoms with E-state index in [2.05, 4.69) is 5.32 Å². The van der Waals surface area contributed by atoms with Gasteiger partial charge in [0.25, 0.3) is 11.8 Å². The monoisotopic (exact) mass is 553 g/mol. The highest BCUT2D eigenvalue weighted by molar-refractivity contribution is 6.30. The summed E-state index contributed by atoms with van der Waals surface area (Å²) in [6.07, 6.45) is 2.72. The van der Waals surface area contributed by atoms with Gasteiger partial charge in [0.2, 0.25) is 5.43 Å². The molecule has 8 nitrogen and oxygen atoms in total. The van der Waals surface area contributed by atoms with Gasteiger partial charge in [0.05, 0.1) is 16.7 Å². The van der Waals surface area contributed by atoms with E-state index in [0.29, 0.717) is 25.9 Å². The number of benzene rings is 2. The number of methoxy groups -OCH3 is 1. The SMILES string of the molecule is CCN1C(=O)c2c(OCc3ccccc3)c(=O)c(C(=O)NCc3cccc(Cl)c3F)cn2CC12CC(OC)C2. The smallest absolute Gasteiger partial charge is 0.275 e. The van der Waals surface area contributed by atoms with E-state index >= 15 is 0 Å². The molecule has 0 atom stereocenters. The molecule has 39 heavy (non-hydrogen) atoms. The maximum absolute atomic E-state index is 14.4. The van der Waals surface area contributed by atoms with Gasteiger partial charge in [-0.1, -0.05) is 54.1 Å². The number of pyridine rings is 1. The van der Waals surface area contributed by atoms with Crippen molar-refractivity contribution in [1.29, 1.82) is 0 Å². The lowest BCUT2D eigenvalue weighted by Gasteiger charge is -2.56. The maximum atomic E-state index is 14.4. The third-order valence-corrected chi connectivity index (χ3v) is 7.82. The number of nitrogens with one attached hydrogen (secondary N) is 1. The summed E-state index contributed by atoms with van der Waals surface area (Å²) >= 11 is 5.86. The Bertz CT molecular complexity index is 1470. The van der Waals surface area contributed by atoms with Crippen molar-refractivity contribution < 1.29 is 23.5 Å². The molecular formula is C29H29ClFN3O5. The van der Waals surface area contributed by atoms with Gasteiger partial charge in [-0.15, -0.1) is 0 Å². The van der Waals surface area contributed by atoms with E-state index in [4.69, 9.17) is 21.1 Å². The van der Waals surface area contributed by atoms with Gasteiger partial charge in [-0.25, -0.2) is 4.39 Å². The predicted octanol–water partition coefficient (Wildman–Crippen LogP) is 4.17. The minimum absolute atomic E-state index is 0.0249. The van der Waals surface area contributed by atoms with Crippen LogP contribution in [0.1, 0.15) is 51.7 Å². The van der Waals surface area contributed by atoms with Crippen LogP contribution in [0.5, 0.6) is 5.75 Å². The number of aromatic nitrogens is 1. The Morgan fingerprint density at radius 3 is 2.59 bits per heavy atom. The summed E-state index contributed by atoms with van der Waals surface area (Å²) in [5, 5.41) is 2.54. The minimum Gasteiger partial charge on any atom is -0.483 e. The van der Waals surface area contributed by atoms with Crippen LogP contribution in [0.2, 0.25) is 5.02 Å². The molecule has 10 heteroatoms. The molecule has 1 saturated carbocycles. The second kappa shape index (κ2) is 10.8. The first kappa shape index (κ1) is 26.9. The molecule has 0 unspecified atom stereocenters. The molecule has 1 aliphatic carbocycles. The fourth-order valence-electron chi connectivity index (χ4n) is 5.49. The first-order chi connectivity index (χ1) is 18.8. The van der Waals surface area contributed by atoms with E-state index in [0.717, 1.165) is 5.56 Å². The molecule has 1 aliphatic heterocycles. The van der Waals surface area contributed by atoms with Crippen molar-refractivity contribution in [3.63, 3.8) is 0 Å². The number of ether oxygens (including phenoxy) is 2. The number of carbonyl (C=O) groups is 2. The van der Waals surface area contributed by atoms with Crippen LogP contribution < -0.4 is 15.5 Å². The highest BCUT2D eigenvalue weighted by atomic mass is 35.5. The summed E-state index contributed by atoms with van der Waals surface area (Å²) in [5.41, 5.74) is -0.284. The molecule has 3 aromatic rings. The van der Waals surface area contributed by atoms with Crippen molar-refractivity contribution in [3.05, 3.63) is 98.2 Å². The summed E-state index contributed by atoms with van der Waals surface area (Å²) < 4.78 is 27.5. The molecule has 5 rings (SSSR count). The predicted molar refractivity (Wildman–Crippen MR) is 144 cm³/mol. The van der Waals surface area contributed by atoms with Crippen molar-refractivity contribution in [1.82, 2.24) is 14.8 Å². The lowest BCUT2D eigenvalue weighted by molar-refractivity contribution is -0.0911. The quantitative estimate of drug-likeness (QED) is 0.452. The second-order valence-electron chi connectivity index (χ2n) is 9.89. The normalized spacial score (nSPS) is 19.9. The number of hydrogen-bond donors (Lipinski definition) is 1. The zero-order valence-corrected chi connectivity index (χ0v) is 22.5. The van der Waals surface area contributed by atoms with Crippen molar-refractivity contribution in [2.75, 3.05) is 13.7 Å². The van der Waals surface area contributed by atoms with Crippen LogP contribution in [0.4, 0.5) is 4.39 Å². The van der Waals surface area contributed by atoms with E-state index in [-0.39, 0.29) is 52.8 Å². The highest BCUT2D eigenvalue weighted by Crippen LogP contribution is 2.45. The molecule has 1 aromatic heterocycles. The number of halogens is 2. The van der Waals surface area contributed by atoms with Crippen LogP contribution in [0.3, 0.4) is 0 Å². The van der Waals surface area contributed by atoms with Crippen molar-refractivity contribution >= 4 is 23.4 Å². The van der Waals surface area contributed by atoms with Crippen LogP contribution in [0.15, 0.2) is 59.5 Å². The van der Waals surface area contributed by atoms with E-state index in [1.165, 1.54) is 18.3 Å². The first-order valence-electron chi connectivity index (χ1n) is 12.8. The zero-order chi connectivity index (χ0) is 27.7. The van der Waals surface area contributed by atoms with Gasteiger partial charge < -0.3 is 24.3 Å². The molecule has 2 aromatic carbocycles. The third kappa shape index (κ3) is 4.92. The Kier molecular flexibility index (Phi) is 7.46. The van der Waals surface area contributed by atoms with Crippen molar-refractivity contribution in [3.8, 4) is 5.75 Å². The number of likely N-dealkylation sites (N-methyl/N-ethyl adjacent to an activating group) is 1. The molecule has 0 bridgehead atoms. The largest absolute Gasteiger partial charge is 0.483 e. The molecule has 2 heterocycles. The van der Waals surface area contributed by atoms with E-state index < -0.39 is 22.7 Å².